The Morgan fingerprint density at radius 3 is 2.79 bits per heavy atom. The minimum absolute atomic E-state index is 0.600. The minimum atomic E-state index is 0.600. The lowest BCUT2D eigenvalue weighted by Crippen LogP contribution is -1.94. The van der Waals surface area contributed by atoms with Gasteiger partial charge in [0.25, 0.3) is 0 Å². The van der Waals surface area contributed by atoms with Crippen LogP contribution in [0.15, 0.2) is 30.5 Å². The SMILES string of the molecule is Cc1cccc(-c2nc(C)c3c(C=O)c[nH]c3n2)c1. The number of hydrogen-bond donors (Lipinski definition) is 1. The molecule has 0 saturated carbocycles. The van der Waals surface area contributed by atoms with Crippen LogP contribution in [0.5, 0.6) is 0 Å². The van der Waals surface area contributed by atoms with Crippen molar-refractivity contribution in [1.29, 1.82) is 0 Å². The summed E-state index contributed by atoms with van der Waals surface area (Å²) in [5, 5.41) is 0.798. The van der Waals surface area contributed by atoms with Crippen molar-refractivity contribution in [3.8, 4) is 11.4 Å². The average Bonchev–Trinajstić information content (AvgIpc) is 2.82. The largest absolute Gasteiger partial charge is 0.345 e. The van der Waals surface area contributed by atoms with E-state index < -0.39 is 0 Å². The Labute approximate surface area is 110 Å². The van der Waals surface area contributed by atoms with Crippen molar-refractivity contribution >= 4 is 17.3 Å². The molecule has 0 atom stereocenters. The molecule has 4 heteroatoms. The Kier molecular flexibility index (Phi) is 2.63. The number of aldehydes is 1. The van der Waals surface area contributed by atoms with Gasteiger partial charge in [-0.2, -0.15) is 0 Å². The molecule has 3 rings (SSSR count). The number of hydrogen-bond acceptors (Lipinski definition) is 3. The third-order valence-electron chi connectivity index (χ3n) is 3.15. The molecule has 1 N–H and O–H groups in total. The van der Waals surface area contributed by atoms with Crippen LogP contribution in [0.3, 0.4) is 0 Å². The molecule has 94 valence electrons. The molecule has 0 saturated heterocycles. The molecule has 0 unspecified atom stereocenters. The van der Waals surface area contributed by atoms with Crippen LogP contribution >= 0.6 is 0 Å². The van der Waals surface area contributed by atoms with E-state index in [2.05, 4.69) is 15.0 Å². The highest BCUT2D eigenvalue weighted by Gasteiger charge is 2.11. The maximum atomic E-state index is 11.0. The van der Waals surface area contributed by atoms with Gasteiger partial charge >= 0.3 is 0 Å². The number of benzene rings is 1. The fourth-order valence-electron chi connectivity index (χ4n) is 2.25. The number of carbonyl (C=O) groups is 1. The first-order valence-electron chi connectivity index (χ1n) is 6.07. The Balaban J connectivity index is 2.24. The van der Waals surface area contributed by atoms with Gasteiger partial charge in [0, 0.05) is 17.3 Å². The van der Waals surface area contributed by atoms with Gasteiger partial charge in [-0.1, -0.05) is 23.8 Å². The van der Waals surface area contributed by atoms with Crippen LogP contribution in [0, 0.1) is 13.8 Å². The number of aromatic nitrogens is 3. The van der Waals surface area contributed by atoms with Crippen molar-refractivity contribution in [2.45, 2.75) is 13.8 Å². The van der Waals surface area contributed by atoms with Gasteiger partial charge in [-0.05, 0) is 19.9 Å². The van der Waals surface area contributed by atoms with Crippen LogP contribution in [0.1, 0.15) is 21.6 Å². The summed E-state index contributed by atoms with van der Waals surface area (Å²) in [6.07, 6.45) is 2.49. The van der Waals surface area contributed by atoms with E-state index in [1.165, 1.54) is 5.56 Å². The highest BCUT2D eigenvalue weighted by molar-refractivity contribution is 5.97. The number of nitrogens with zero attached hydrogens (tertiary/aromatic N) is 2. The second kappa shape index (κ2) is 4.31. The lowest BCUT2D eigenvalue weighted by molar-refractivity contribution is 0.112. The average molecular weight is 251 g/mol. The number of aromatic amines is 1. The fraction of sp³-hybridized carbons (Fsp3) is 0.133. The maximum Gasteiger partial charge on any atom is 0.161 e. The first kappa shape index (κ1) is 11.6. The Morgan fingerprint density at radius 2 is 2.05 bits per heavy atom. The third kappa shape index (κ3) is 1.91. The van der Waals surface area contributed by atoms with Crippen LogP contribution in [-0.4, -0.2) is 21.2 Å². The topological polar surface area (TPSA) is 58.6 Å². The predicted molar refractivity (Wildman–Crippen MR) is 74.2 cm³/mol. The van der Waals surface area contributed by atoms with Gasteiger partial charge in [0.05, 0.1) is 11.1 Å². The standard InChI is InChI=1S/C15H13N3O/c1-9-4-3-5-11(6-9)14-17-10(2)13-12(8-19)7-16-15(13)18-14/h3-8H,1-2H3,(H,16,17,18). The second-order valence-electron chi connectivity index (χ2n) is 4.59. The number of carbonyl (C=O) groups excluding carboxylic acids is 1. The summed E-state index contributed by atoms with van der Waals surface area (Å²) < 4.78 is 0. The number of nitrogens with one attached hydrogen (secondary N) is 1. The van der Waals surface area contributed by atoms with E-state index >= 15 is 0 Å². The molecule has 0 aliphatic heterocycles. The van der Waals surface area contributed by atoms with Gasteiger partial charge < -0.3 is 4.98 Å². The van der Waals surface area contributed by atoms with Gasteiger partial charge in [0.2, 0.25) is 0 Å². The van der Waals surface area contributed by atoms with Crippen LogP contribution in [0.25, 0.3) is 22.4 Å². The molecule has 0 spiro atoms. The summed E-state index contributed by atoms with van der Waals surface area (Å²) in [4.78, 5) is 23.0. The smallest absolute Gasteiger partial charge is 0.161 e. The number of rotatable bonds is 2. The van der Waals surface area contributed by atoms with Crippen molar-refractivity contribution < 1.29 is 4.79 Å². The molecule has 0 aliphatic rings. The summed E-state index contributed by atoms with van der Waals surface area (Å²) in [6.45, 7) is 3.93. The molecule has 1 aromatic carbocycles. The quantitative estimate of drug-likeness (QED) is 0.712. The summed E-state index contributed by atoms with van der Waals surface area (Å²) in [6, 6.07) is 8.05. The van der Waals surface area contributed by atoms with Crippen molar-refractivity contribution in [1.82, 2.24) is 15.0 Å². The zero-order valence-electron chi connectivity index (χ0n) is 10.8. The van der Waals surface area contributed by atoms with Gasteiger partial charge in [0.15, 0.2) is 12.1 Å². The van der Waals surface area contributed by atoms with E-state index in [0.29, 0.717) is 17.0 Å². The summed E-state index contributed by atoms with van der Waals surface area (Å²) >= 11 is 0. The third-order valence-corrected chi connectivity index (χ3v) is 3.15. The molecule has 0 bridgehead atoms. The molecular weight excluding hydrogens is 238 g/mol. The second-order valence-corrected chi connectivity index (χ2v) is 4.59. The van der Waals surface area contributed by atoms with Crippen LogP contribution in [0.2, 0.25) is 0 Å². The molecule has 0 amide bonds. The molecule has 19 heavy (non-hydrogen) atoms. The zero-order chi connectivity index (χ0) is 13.4. The fourth-order valence-corrected chi connectivity index (χ4v) is 2.25. The van der Waals surface area contributed by atoms with Crippen molar-refractivity contribution in [2.24, 2.45) is 0 Å². The first-order valence-corrected chi connectivity index (χ1v) is 6.07. The van der Waals surface area contributed by atoms with Gasteiger partial charge in [-0.15, -0.1) is 0 Å². The van der Waals surface area contributed by atoms with E-state index in [9.17, 15) is 4.79 Å². The lowest BCUT2D eigenvalue weighted by Gasteiger charge is -2.04. The van der Waals surface area contributed by atoms with Gasteiger partial charge in [-0.3, -0.25) is 4.79 Å². The highest BCUT2D eigenvalue weighted by Crippen LogP contribution is 2.23. The van der Waals surface area contributed by atoms with E-state index in [1.807, 2.05) is 38.1 Å². The van der Waals surface area contributed by atoms with E-state index in [1.54, 1.807) is 6.20 Å². The van der Waals surface area contributed by atoms with Crippen LogP contribution < -0.4 is 0 Å². The molecule has 0 fully saturated rings. The molecule has 2 aromatic heterocycles. The van der Waals surface area contributed by atoms with E-state index in [0.717, 1.165) is 22.9 Å². The molecule has 4 nitrogen and oxygen atoms in total. The molecule has 0 radical (unpaired) electrons. The number of H-pyrrole nitrogens is 1. The monoisotopic (exact) mass is 251 g/mol. The van der Waals surface area contributed by atoms with E-state index in [4.69, 9.17) is 0 Å². The molecule has 0 aliphatic carbocycles. The summed E-state index contributed by atoms with van der Waals surface area (Å²) in [7, 11) is 0. The Morgan fingerprint density at radius 1 is 1.21 bits per heavy atom. The van der Waals surface area contributed by atoms with Gasteiger partial charge in [-0.25, -0.2) is 9.97 Å². The lowest BCUT2D eigenvalue weighted by atomic mass is 10.1. The Bertz CT molecular complexity index is 774. The van der Waals surface area contributed by atoms with Crippen molar-refractivity contribution in [3.63, 3.8) is 0 Å². The first-order chi connectivity index (χ1) is 9.19. The summed E-state index contributed by atoms with van der Waals surface area (Å²) in [5.41, 5.74) is 4.26. The minimum Gasteiger partial charge on any atom is -0.345 e. The maximum absolute atomic E-state index is 11.0. The van der Waals surface area contributed by atoms with Crippen molar-refractivity contribution in [2.75, 3.05) is 0 Å². The molecule has 2 heterocycles. The van der Waals surface area contributed by atoms with Gasteiger partial charge in [0.1, 0.15) is 5.65 Å². The van der Waals surface area contributed by atoms with E-state index in [-0.39, 0.29) is 0 Å². The van der Waals surface area contributed by atoms with Crippen molar-refractivity contribution in [3.05, 3.63) is 47.3 Å². The molecule has 3 aromatic rings. The van der Waals surface area contributed by atoms with Crippen LogP contribution in [0.4, 0.5) is 0 Å². The molecular formula is C15H13N3O. The highest BCUT2D eigenvalue weighted by atomic mass is 16.1. The van der Waals surface area contributed by atoms with Crippen LogP contribution in [-0.2, 0) is 0 Å². The normalized spacial score (nSPS) is 10.8. The number of fused-ring (bicyclic) bond motifs is 1. The predicted octanol–water partition coefficient (Wildman–Crippen LogP) is 3.05. The summed E-state index contributed by atoms with van der Waals surface area (Å²) in [5.74, 6) is 0.674. The Hall–Kier alpha value is -2.49. The number of aryl methyl sites for hydroxylation is 2. The zero-order valence-corrected chi connectivity index (χ0v) is 10.8.